The van der Waals surface area contributed by atoms with Gasteiger partial charge in [0.15, 0.2) is 5.78 Å². The minimum Gasteiger partial charge on any atom is -0.383 e. The summed E-state index contributed by atoms with van der Waals surface area (Å²) in [6.45, 7) is 9.96. The van der Waals surface area contributed by atoms with E-state index < -0.39 is 0 Å². The van der Waals surface area contributed by atoms with Crippen LogP contribution in [0.15, 0.2) is 11.1 Å². The maximum Gasteiger partial charge on any atom is 0.155 e. The quantitative estimate of drug-likeness (QED) is 0.407. The molecule has 0 aromatic heterocycles. The average molecular weight is 433 g/mol. The number of carbonyl (C=O) groups excluding carboxylic acids is 1. The standard InChI is InChI=1S/C26H44N2OS/c1-6-8-20-18(7-2)9-10-22-21(20)11-12-26(4)23(22)13-17(3)25(26)24(29)16-28-15-19(14-27)30-5/h14-15,17-18,20-23,25,27-28H,6-13,16H2,1-5H3/b19-15+,27-14?. The molecule has 3 aliphatic carbocycles. The summed E-state index contributed by atoms with van der Waals surface area (Å²) < 4.78 is 0. The molecular formula is C26H44N2OS. The van der Waals surface area contributed by atoms with Gasteiger partial charge in [0.25, 0.3) is 0 Å². The molecule has 0 aliphatic heterocycles. The van der Waals surface area contributed by atoms with E-state index in [1.807, 2.05) is 12.5 Å². The van der Waals surface area contributed by atoms with Crippen LogP contribution in [0.1, 0.15) is 79.1 Å². The Hall–Kier alpha value is -0.770. The summed E-state index contributed by atoms with van der Waals surface area (Å²) in [7, 11) is 0. The number of thioether (sulfide) groups is 1. The van der Waals surface area contributed by atoms with E-state index >= 15 is 0 Å². The van der Waals surface area contributed by atoms with Gasteiger partial charge in [-0.1, -0.05) is 47.0 Å². The van der Waals surface area contributed by atoms with Gasteiger partial charge >= 0.3 is 0 Å². The Labute approximate surface area is 189 Å². The van der Waals surface area contributed by atoms with Crippen LogP contribution in [0.25, 0.3) is 0 Å². The Bertz CT molecular complexity index is 647. The number of fused-ring (bicyclic) bond motifs is 3. The molecule has 4 heteroatoms. The van der Waals surface area contributed by atoms with Gasteiger partial charge in [0.05, 0.1) is 6.54 Å². The normalized spacial score (nSPS) is 41.1. The minimum absolute atomic E-state index is 0.183. The summed E-state index contributed by atoms with van der Waals surface area (Å²) in [5.41, 5.74) is 0.183. The fourth-order valence-corrected chi connectivity index (χ4v) is 8.41. The van der Waals surface area contributed by atoms with Crippen LogP contribution < -0.4 is 5.32 Å². The molecule has 3 aliphatic rings. The Morgan fingerprint density at radius 2 is 2.00 bits per heavy atom. The lowest BCUT2D eigenvalue weighted by molar-refractivity contribution is -0.130. The average Bonchev–Trinajstić information content (AvgIpc) is 3.01. The zero-order valence-electron chi connectivity index (χ0n) is 19.9. The van der Waals surface area contributed by atoms with E-state index in [4.69, 9.17) is 5.41 Å². The highest BCUT2D eigenvalue weighted by atomic mass is 32.2. The number of hydrogen-bond acceptors (Lipinski definition) is 4. The number of Topliss-reactive ketones (excluding diaryl/α,β-unsaturated/α-hetero) is 1. The molecule has 0 aromatic rings. The number of ketones is 1. The number of nitrogens with one attached hydrogen (secondary N) is 2. The Balaban J connectivity index is 1.74. The first-order chi connectivity index (χ1) is 14.4. The third kappa shape index (κ3) is 4.40. The highest BCUT2D eigenvalue weighted by molar-refractivity contribution is 8.03. The largest absolute Gasteiger partial charge is 0.383 e. The third-order valence-corrected chi connectivity index (χ3v) is 9.96. The first-order valence-corrected chi connectivity index (χ1v) is 13.6. The van der Waals surface area contributed by atoms with Gasteiger partial charge in [-0.05, 0) is 79.3 Å². The molecule has 0 bridgehead atoms. The van der Waals surface area contributed by atoms with Gasteiger partial charge in [-0.2, -0.15) is 0 Å². The van der Waals surface area contributed by atoms with Crippen LogP contribution in [-0.2, 0) is 4.79 Å². The van der Waals surface area contributed by atoms with Crippen LogP contribution in [0.3, 0.4) is 0 Å². The van der Waals surface area contributed by atoms with Crippen LogP contribution in [0.5, 0.6) is 0 Å². The molecule has 0 saturated heterocycles. The smallest absolute Gasteiger partial charge is 0.155 e. The summed E-state index contributed by atoms with van der Waals surface area (Å²) in [5.74, 6) is 5.41. The molecule has 30 heavy (non-hydrogen) atoms. The van der Waals surface area contributed by atoms with Crippen molar-refractivity contribution in [3.05, 3.63) is 11.1 Å². The lowest BCUT2D eigenvalue weighted by Crippen LogP contribution is -2.49. The predicted molar refractivity (Wildman–Crippen MR) is 130 cm³/mol. The molecule has 0 aromatic carbocycles. The molecule has 0 spiro atoms. The minimum atomic E-state index is 0.183. The fourth-order valence-electron chi connectivity index (χ4n) is 8.10. The van der Waals surface area contributed by atoms with Crippen molar-refractivity contribution >= 4 is 23.8 Å². The lowest BCUT2D eigenvalue weighted by Gasteiger charge is -2.54. The number of allylic oxidation sites excluding steroid dienone is 1. The maximum absolute atomic E-state index is 13.3. The second-order valence-corrected chi connectivity index (χ2v) is 11.5. The number of carbonyl (C=O) groups is 1. The van der Waals surface area contributed by atoms with Crippen LogP contribution >= 0.6 is 11.8 Å². The zero-order chi connectivity index (χ0) is 21.9. The van der Waals surface area contributed by atoms with E-state index in [1.165, 1.54) is 69.3 Å². The zero-order valence-corrected chi connectivity index (χ0v) is 20.7. The summed E-state index contributed by atoms with van der Waals surface area (Å²) in [5, 5.41) is 10.6. The van der Waals surface area contributed by atoms with Crippen molar-refractivity contribution in [3.63, 3.8) is 0 Å². The Kier molecular flexibility index (Phi) is 8.15. The molecule has 8 unspecified atom stereocenters. The maximum atomic E-state index is 13.3. The van der Waals surface area contributed by atoms with E-state index in [9.17, 15) is 4.79 Å². The monoisotopic (exact) mass is 432 g/mol. The molecule has 3 fully saturated rings. The van der Waals surface area contributed by atoms with Crippen LogP contribution in [0.2, 0.25) is 0 Å². The second kappa shape index (κ2) is 10.2. The van der Waals surface area contributed by atoms with Crippen molar-refractivity contribution in [1.29, 1.82) is 5.41 Å². The van der Waals surface area contributed by atoms with Crippen LogP contribution in [0.4, 0.5) is 0 Å². The van der Waals surface area contributed by atoms with Gasteiger partial charge in [-0.25, -0.2) is 0 Å². The molecule has 2 N–H and O–H groups in total. The SMILES string of the molecule is CCCC1C(CC)CCC2C1CCC1(C)C2CC(C)C1C(=O)CN/C=C(\C=N)SC. The summed E-state index contributed by atoms with van der Waals surface area (Å²) in [4.78, 5) is 14.2. The van der Waals surface area contributed by atoms with Crippen LogP contribution in [0, 0.1) is 52.2 Å². The van der Waals surface area contributed by atoms with Crippen molar-refractivity contribution in [2.75, 3.05) is 12.8 Å². The number of rotatable bonds is 9. The van der Waals surface area contributed by atoms with Crippen molar-refractivity contribution in [3.8, 4) is 0 Å². The van der Waals surface area contributed by atoms with Crippen molar-refractivity contribution < 1.29 is 4.79 Å². The first kappa shape index (κ1) is 23.9. The molecule has 0 amide bonds. The van der Waals surface area contributed by atoms with Gasteiger partial charge in [-0.15, -0.1) is 11.8 Å². The molecule has 170 valence electrons. The third-order valence-electron chi connectivity index (χ3n) is 9.25. The fraction of sp³-hybridized carbons (Fsp3) is 0.846. The Morgan fingerprint density at radius 3 is 2.63 bits per heavy atom. The number of hydrogen-bond donors (Lipinski definition) is 2. The molecule has 3 nitrogen and oxygen atoms in total. The summed E-state index contributed by atoms with van der Waals surface area (Å²) in [6, 6.07) is 0. The highest BCUT2D eigenvalue weighted by Crippen LogP contribution is 2.65. The van der Waals surface area contributed by atoms with E-state index in [-0.39, 0.29) is 11.3 Å². The van der Waals surface area contributed by atoms with Crippen molar-refractivity contribution in [1.82, 2.24) is 5.32 Å². The van der Waals surface area contributed by atoms with Crippen molar-refractivity contribution in [2.45, 2.75) is 79.1 Å². The lowest BCUT2D eigenvalue weighted by atomic mass is 9.50. The molecular weight excluding hydrogens is 388 g/mol. The molecule has 3 saturated carbocycles. The topological polar surface area (TPSA) is 53.0 Å². The van der Waals surface area contributed by atoms with Crippen molar-refractivity contribution in [2.24, 2.45) is 46.8 Å². The van der Waals surface area contributed by atoms with Gasteiger partial charge in [-0.3, -0.25) is 4.79 Å². The molecule has 0 radical (unpaired) electrons. The highest BCUT2D eigenvalue weighted by Gasteiger charge is 2.59. The Morgan fingerprint density at radius 1 is 1.23 bits per heavy atom. The molecule has 0 heterocycles. The molecule has 3 rings (SSSR count). The van der Waals surface area contributed by atoms with Gasteiger partial charge in [0, 0.05) is 23.2 Å². The van der Waals surface area contributed by atoms with Crippen LogP contribution in [-0.4, -0.2) is 24.8 Å². The van der Waals surface area contributed by atoms with E-state index in [0.29, 0.717) is 18.2 Å². The summed E-state index contributed by atoms with van der Waals surface area (Å²) in [6.07, 6.45) is 15.8. The first-order valence-electron chi connectivity index (χ1n) is 12.4. The van der Waals surface area contributed by atoms with E-state index in [1.54, 1.807) is 0 Å². The van der Waals surface area contributed by atoms with E-state index in [2.05, 4.69) is 33.0 Å². The van der Waals surface area contributed by atoms with Gasteiger partial charge in [0.2, 0.25) is 0 Å². The van der Waals surface area contributed by atoms with Gasteiger partial charge < -0.3 is 10.7 Å². The molecule has 8 atom stereocenters. The predicted octanol–water partition coefficient (Wildman–Crippen LogP) is 6.54. The van der Waals surface area contributed by atoms with Gasteiger partial charge in [0.1, 0.15) is 0 Å². The second-order valence-electron chi connectivity index (χ2n) is 10.6. The summed E-state index contributed by atoms with van der Waals surface area (Å²) >= 11 is 1.53. The van der Waals surface area contributed by atoms with E-state index in [0.717, 1.165) is 34.5 Å².